The number of halogens is 2. The first-order chi connectivity index (χ1) is 30.6. The van der Waals surface area contributed by atoms with Crippen molar-refractivity contribution in [1.82, 2.24) is 43.7 Å². The van der Waals surface area contributed by atoms with Gasteiger partial charge >= 0.3 is 5.69 Å². The van der Waals surface area contributed by atoms with Crippen LogP contribution in [0.1, 0.15) is 97.9 Å². The van der Waals surface area contributed by atoms with Gasteiger partial charge in [0.15, 0.2) is 11.3 Å². The summed E-state index contributed by atoms with van der Waals surface area (Å²) in [4.78, 5) is 60.3. The number of imide groups is 1. The Morgan fingerprint density at radius 2 is 1.86 bits per heavy atom. The van der Waals surface area contributed by atoms with E-state index in [1.54, 1.807) is 24.0 Å². The molecule has 4 aromatic heterocycles. The molecule has 1 unspecified atom stereocenters. The lowest BCUT2D eigenvalue weighted by atomic mass is 9.85. The van der Waals surface area contributed by atoms with E-state index in [0.29, 0.717) is 53.7 Å². The topological polar surface area (TPSA) is 175 Å². The minimum atomic E-state index is -2.87. The molecule has 7 heterocycles. The number of nitrogens with zero attached hydrogens (tertiary/aromatic N) is 9. The lowest BCUT2D eigenvalue weighted by molar-refractivity contribution is -0.135. The van der Waals surface area contributed by atoms with Crippen LogP contribution in [0.4, 0.5) is 20.3 Å². The van der Waals surface area contributed by atoms with E-state index in [-0.39, 0.29) is 54.4 Å². The number of fused-ring (bicyclic) bond motifs is 2. The van der Waals surface area contributed by atoms with E-state index >= 15 is 0 Å². The van der Waals surface area contributed by atoms with Gasteiger partial charge in [-0.1, -0.05) is 17.9 Å². The third-order valence-electron chi connectivity index (χ3n) is 12.8. The number of hydrogen-bond acceptors (Lipinski definition) is 11. The van der Waals surface area contributed by atoms with Crippen molar-refractivity contribution < 1.29 is 32.6 Å². The Kier molecular flexibility index (Phi) is 12.4. The van der Waals surface area contributed by atoms with E-state index < -0.39 is 30.0 Å². The van der Waals surface area contributed by atoms with Gasteiger partial charge in [-0.15, -0.1) is 0 Å². The van der Waals surface area contributed by atoms with Crippen molar-refractivity contribution in [1.29, 1.82) is 0 Å². The highest BCUT2D eigenvalue weighted by molar-refractivity contribution is 6.08. The fourth-order valence-electron chi connectivity index (χ4n) is 9.49. The van der Waals surface area contributed by atoms with Crippen molar-refractivity contribution in [3.8, 4) is 11.8 Å². The number of aromatic nitrogens is 7. The number of hydrogen-bond donors (Lipinski definition) is 2. The van der Waals surface area contributed by atoms with Gasteiger partial charge in [-0.2, -0.15) is 10.2 Å². The first-order valence-corrected chi connectivity index (χ1v) is 21.8. The standard InChI is InChI=1S/C44H51F2N11O6/c1-52-39-29(5-2-7-34(39)57(44(52)61)35-12-13-37(58)50-43(35)60)6-3-23-63-31-14-18-53(19-15-31)26-28-8-10-30(11-9-28)56-27-33(38(51-56)40(45)46)48-42(59)32-25-47-55-20-16-36(49-41(32)55)54-17-4-22-62-24-21-54/h2,5,7,16,20,25,27-28,30-31,35,40H,4,8-15,17-19,21-24,26H2,1H3,(H,48,59)(H,50,58,60)/t28-,30-,35?. The third-order valence-corrected chi connectivity index (χ3v) is 12.8. The molecule has 19 heteroatoms. The number of aryl methyl sites for hydroxylation is 1. The van der Waals surface area contributed by atoms with Gasteiger partial charge in [-0.3, -0.25) is 33.5 Å². The maximum atomic E-state index is 14.3. The number of ether oxygens (including phenoxy) is 2. The SMILES string of the molecule is Cn1c(=O)n(C2CCC(=O)NC2=O)c2cccc(C#CCOC3CCN(C[C@H]4CC[C@H](n5cc(NC(=O)c6cnn7ccc(N8CCCOCC8)nc67)c(C(F)F)n5)CC4)CC3)c21. The van der Waals surface area contributed by atoms with Gasteiger partial charge in [0.05, 0.1) is 47.2 Å². The van der Waals surface area contributed by atoms with Crippen LogP contribution in [-0.2, 0) is 26.1 Å². The van der Waals surface area contributed by atoms with Gasteiger partial charge in [-0.05, 0) is 75.5 Å². The van der Waals surface area contributed by atoms with Gasteiger partial charge in [-0.25, -0.2) is 23.1 Å². The van der Waals surface area contributed by atoms with E-state index in [4.69, 9.17) is 14.5 Å². The van der Waals surface area contributed by atoms with Crippen LogP contribution in [0.5, 0.6) is 0 Å². The molecule has 4 fully saturated rings. The molecule has 1 saturated carbocycles. The largest absolute Gasteiger partial charge is 0.380 e. The third kappa shape index (κ3) is 8.97. The van der Waals surface area contributed by atoms with Gasteiger partial charge < -0.3 is 24.6 Å². The number of rotatable bonds is 10. The summed E-state index contributed by atoms with van der Waals surface area (Å²) in [6.45, 7) is 5.72. The Bertz CT molecular complexity index is 2620. The number of imidazole rings is 1. The van der Waals surface area contributed by atoms with Crippen molar-refractivity contribution in [3.05, 3.63) is 70.2 Å². The lowest BCUT2D eigenvalue weighted by Crippen LogP contribution is -2.44. The first-order valence-electron chi connectivity index (χ1n) is 21.8. The molecule has 9 rings (SSSR count). The van der Waals surface area contributed by atoms with E-state index in [1.807, 2.05) is 18.2 Å². The average molecular weight is 868 g/mol. The van der Waals surface area contributed by atoms with Crippen LogP contribution in [0, 0.1) is 17.8 Å². The summed E-state index contributed by atoms with van der Waals surface area (Å²) in [5.41, 5.74) is 1.59. The van der Waals surface area contributed by atoms with Crippen LogP contribution in [0.2, 0.25) is 0 Å². The molecule has 0 radical (unpaired) electrons. The summed E-state index contributed by atoms with van der Waals surface area (Å²) in [7, 11) is 1.66. The van der Waals surface area contributed by atoms with Gasteiger partial charge in [0, 0.05) is 65.2 Å². The highest BCUT2D eigenvalue weighted by Gasteiger charge is 2.32. The van der Waals surface area contributed by atoms with E-state index in [0.717, 1.165) is 71.1 Å². The fraction of sp³-hybridized carbons (Fsp3) is 0.523. The Hall–Kier alpha value is -5.97. The zero-order valence-corrected chi connectivity index (χ0v) is 35.2. The molecule has 4 aliphatic rings. The molecular formula is C44H51F2N11O6. The zero-order valence-electron chi connectivity index (χ0n) is 35.2. The van der Waals surface area contributed by atoms with E-state index in [1.165, 1.54) is 26.0 Å². The number of carbonyl (C=O) groups is 3. The van der Waals surface area contributed by atoms with Crippen molar-refractivity contribution in [3.63, 3.8) is 0 Å². The smallest absolute Gasteiger partial charge is 0.329 e. The molecule has 3 aliphatic heterocycles. The number of alkyl halides is 2. The Balaban J connectivity index is 0.749. The summed E-state index contributed by atoms with van der Waals surface area (Å²) >= 11 is 0. The Morgan fingerprint density at radius 1 is 1.03 bits per heavy atom. The number of nitrogens with one attached hydrogen (secondary N) is 2. The molecule has 1 aromatic carbocycles. The predicted molar refractivity (Wildman–Crippen MR) is 228 cm³/mol. The van der Waals surface area contributed by atoms with Crippen LogP contribution in [0.15, 0.2) is 47.7 Å². The highest BCUT2D eigenvalue weighted by atomic mass is 19.3. The molecule has 1 aliphatic carbocycles. The second-order valence-electron chi connectivity index (χ2n) is 16.9. The second-order valence-corrected chi connectivity index (χ2v) is 16.9. The van der Waals surface area contributed by atoms with Gasteiger partial charge in [0.2, 0.25) is 11.8 Å². The molecule has 332 valence electrons. The average Bonchev–Trinajstić information content (AvgIpc) is 3.89. The van der Waals surface area contributed by atoms with Crippen LogP contribution >= 0.6 is 0 Å². The second kappa shape index (κ2) is 18.4. The molecule has 2 N–H and O–H groups in total. The fourth-order valence-corrected chi connectivity index (χ4v) is 9.49. The lowest BCUT2D eigenvalue weighted by Gasteiger charge is -2.36. The first kappa shape index (κ1) is 42.3. The van der Waals surface area contributed by atoms with Crippen molar-refractivity contribution in [2.24, 2.45) is 13.0 Å². The van der Waals surface area contributed by atoms with Gasteiger partial charge in [0.25, 0.3) is 12.3 Å². The van der Waals surface area contributed by atoms with Crippen molar-refractivity contribution in [2.45, 2.75) is 82.4 Å². The van der Waals surface area contributed by atoms with Crippen LogP contribution in [0.3, 0.4) is 0 Å². The minimum absolute atomic E-state index is 0.0144. The summed E-state index contributed by atoms with van der Waals surface area (Å²) in [5.74, 6) is 6.07. The molecule has 1 atom stereocenters. The maximum absolute atomic E-state index is 14.3. The monoisotopic (exact) mass is 867 g/mol. The number of likely N-dealkylation sites (tertiary alicyclic amines) is 1. The number of benzene rings is 1. The number of piperidine rings is 2. The van der Waals surface area contributed by atoms with Crippen molar-refractivity contribution in [2.75, 3.05) is 62.8 Å². The molecule has 63 heavy (non-hydrogen) atoms. The van der Waals surface area contributed by atoms with E-state index in [9.17, 15) is 28.0 Å². The van der Waals surface area contributed by atoms with Crippen LogP contribution in [0.25, 0.3) is 16.7 Å². The molecule has 3 amide bonds. The molecular weight excluding hydrogens is 817 g/mol. The minimum Gasteiger partial charge on any atom is -0.380 e. The number of anilines is 2. The molecule has 3 saturated heterocycles. The Labute approximate surface area is 361 Å². The summed E-state index contributed by atoms with van der Waals surface area (Å²) in [6.07, 6.45) is 8.43. The summed E-state index contributed by atoms with van der Waals surface area (Å²) in [6, 6.07) is 6.46. The molecule has 17 nitrogen and oxygen atoms in total. The summed E-state index contributed by atoms with van der Waals surface area (Å²) in [5, 5.41) is 13.6. The van der Waals surface area contributed by atoms with Gasteiger partial charge in [0.1, 0.15) is 24.0 Å². The van der Waals surface area contributed by atoms with Crippen LogP contribution in [-0.4, -0.2) is 115 Å². The number of carbonyl (C=O) groups excluding carboxylic acids is 3. The molecule has 0 spiro atoms. The van der Waals surface area contributed by atoms with E-state index in [2.05, 4.69) is 42.5 Å². The zero-order chi connectivity index (χ0) is 43.6. The highest BCUT2D eigenvalue weighted by Crippen LogP contribution is 2.36. The summed E-state index contributed by atoms with van der Waals surface area (Å²) < 4.78 is 46.3. The quantitative estimate of drug-likeness (QED) is 0.152. The maximum Gasteiger partial charge on any atom is 0.329 e. The number of para-hydroxylation sites is 1. The number of amides is 3. The molecule has 0 bridgehead atoms. The normalized spacial score (nSPS) is 21.7. The predicted octanol–water partition coefficient (Wildman–Crippen LogP) is 4.24. The van der Waals surface area contributed by atoms with Crippen molar-refractivity contribution >= 4 is 45.9 Å². The molecule has 5 aromatic rings. The van der Waals surface area contributed by atoms with Crippen LogP contribution < -0.4 is 21.2 Å². The Morgan fingerprint density at radius 3 is 2.65 bits per heavy atom.